The third-order valence-electron chi connectivity index (χ3n) is 4.17. The molecular formula is C13H23BN2O3. The summed E-state index contributed by atoms with van der Waals surface area (Å²) in [6, 6.07) is 0. The molecule has 1 fully saturated rings. The fraction of sp³-hybridized carbons (Fsp3) is 0.769. The molecule has 2 heterocycles. The Morgan fingerprint density at radius 3 is 2.68 bits per heavy atom. The lowest BCUT2D eigenvalue weighted by Gasteiger charge is -2.35. The fourth-order valence-electron chi connectivity index (χ4n) is 2.25. The maximum absolute atomic E-state index is 6.11. The monoisotopic (exact) mass is 266 g/mol. The predicted molar refractivity (Wildman–Crippen MR) is 74.4 cm³/mol. The maximum atomic E-state index is 6.11. The van der Waals surface area contributed by atoms with Gasteiger partial charge >= 0.3 is 7.12 Å². The topological polar surface area (TPSA) is 45.5 Å². The molecule has 1 aromatic rings. The van der Waals surface area contributed by atoms with Crippen LogP contribution < -0.4 is 5.46 Å². The molecule has 19 heavy (non-hydrogen) atoms. The van der Waals surface area contributed by atoms with Gasteiger partial charge in [0.15, 0.2) is 0 Å². The third-order valence-corrected chi connectivity index (χ3v) is 4.17. The first-order chi connectivity index (χ1) is 8.92. The number of methoxy groups -OCH3 is 1. The van der Waals surface area contributed by atoms with Gasteiger partial charge in [0.1, 0.15) is 0 Å². The third kappa shape index (κ3) is 2.71. The van der Waals surface area contributed by atoms with Crippen LogP contribution in [0.4, 0.5) is 0 Å². The Balaban J connectivity index is 2.10. The zero-order chi connectivity index (χ0) is 14.1. The summed E-state index contributed by atoms with van der Waals surface area (Å²) in [7, 11) is 1.35. The highest BCUT2D eigenvalue weighted by Crippen LogP contribution is 2.39. The summed E-state index contributed by atoms with van der Waals surface area (Å²) in [6.45, 7) is 9.75. The first-order valence-electron chi connectivity index (χ1n) is 6.79. The molecule has 1 aromatic heterocycles. The number of hydrogen-bond donors (Lipinski definition) is 0. The van der Waals surface area contributed by atoms with Crippen molar-refractivity contribution < 1.29 is 14.0 Å². The van der Waals surface area contributed by atoms with E-state index in [1.54, 1.807) is 13.3 Å². The van der Waals surface area contributed by atoms with Crippen molar-refractivity contribution in [3.05, 3.63) is 12.4 Å². The zero-order valence-corrected chi connectivity index (χ0v) is 12.5. The summed E-state index contributed by atoms with van der Waals surface area (Å²) in [5.41, 5.74) is 0.384. The second-order valence-corrected chi connectivity index (χ2v) is 5.69. The maximum Gasteiger partial charge on any atom is 0.498 e. The van der Waals surface area contributed by atoms with E-state index in [0.29, 0.717) is 6.61 Å². The van der Waals surface area contributed by atoms with Crippen LogP contribution in [0.2, 0.25) is 0 Å². The number of aromatic nitrogens is 2. The molecule has 1 atom stereocenters. The predicted octanol–water partition coefficient (Wildman–Crippen LogP) is 1.22. The molecular weight excluding hydrogens is 243 g/mol. The zero-order valence-electron chi connectivity index (χ0n) is 12.5. The second-order valence-electron chi connectivity index (χ2n) is 5.69. The van der Waals surface area contributed by atoms with E-state index in [0.717, 1.165) is 18.4 Å². The minimum atomic E-state index is -0.337. The van der Waals surface area contributed by atoms with Gasteiger partial charge < -0.3 is 14.0 Å². The molecule has 1 aliphatic rings. The van der Waals surface area contributed by atoms with Crippen LogP contribution in [0.25, 0.3) is 0 Å². The van der Waals surface area contributed by atoms with Crippen molar-refractivity contribution in [2.24, 2.45) is 0 Å². The van der Waals surface area contributed by atoms with Gasteiger partial charge in [-0.05, 0) is 27.2 Å². The Kier molecular flexibility index (Phi) is 4.04. The molecule has 106 valence electrons. The molecule has 1 saturated heterocycles. The molecule has 0 bridgehead atoms. The van der Waals surface area contributed by atoms with Crippen molar-refractivity contribution >= 4 is 12.6 Å². The van der Waals surface area contributed by atoms with Gasteiger partial charge in [0, 0.05) is 25.0 Å². The second kappa shape index (κ2) is 5.27. The van der Waals surface area contributed by atoms with E-state index in [2.05, 4.69) is 32.8 Å². The van der Waals surface area contributed by atoms with Crippen LogP contribution in [0.3, 0.4) is 0 Å². The van der Waals surface area contributed by atoms with E-state index >= 15 is 0 Å². The smallest absolute Gasteiger partial charge is 0.399 e. The summed E-state index contributed by atoms with van der Waals surface area (Å²) < 4.78 is 19.1. The summed E-state index contributed by atoms with van der Waals surface area (Å²) >= 11 is 0. The highest BCUT2D eigenvalue weighted by molar-refractivity contribution is 6.62. The van der Waals surface area contributed by atoms with Crippen molar-refractivity contribution in [2.45, 2.75) is 51.9 Å². The molecule has 0 radical (unpaired) electrons. The summed E-state index contributed by atoms with van der Waals surface area (Å²) in [5, 5.41) is 4.30. The van der Waals surface area contributed by atoms with Gasteiger partial charge in [0.05, 0.1) is 24.4 Å². The van der Waals surface area contributed by atoms with Gasteiger partial charge in [-0.3, -0.25) is 4.68 Å². The molecule has 1 aliphatic heterocycles. The molecule has 0 amide bonds. The van der Waals surface area contributed by atoms with Gasteiger partial charge in [-0.15, -0.1) is 0 Å². The van der Waals surface area contributed by atoms with E-state index < -0.39 is 0 Å². The Bertz CT molecular complexity index is 435. The molecule has 0 spiro atoms. The van der Waals surface area contributed by atoms with Gasteiger partial charge in [0.25, 0.3) is 0 Å². The quantitative estimate of drug-likeness (QED) is 0.752. The van der Waals surface area contributed by atoms with Crippen LogP contribution in [0.5, 0.6) is 0 Å². The number of rotatable bonds is 5. The van der Waals surface area contributed by atoms with Gasteiger partial charge in [0.2, 0.25) is 0 Å². The van der Waals surface area contributed by atoms with E-state index in [9.17, 15) is 0 Å². The van der Waals surface area contributed by atoms with E-state index in [1.165, 1.54) is 0 Å². The summed E-state index contributed by atoms with van der Waals surface area (Å²) in [5.74, 6) is 0. The normalized spacial score (nSPS) is 26.1. The number of hydrogen-bond acceptors (Lipinski definition) is 4. The molecule has 0 aliphatic carbocycles. The van der Waals surface area contributed by atoms with Crippen LogP contribution in [0, 0.1) is 0 Å². The molecule has 0 N–H and O–H groups in total. The standard InChI is InChI=1S/C13H23BN2O3/c1-6-13(4)12(2,3)18-14(19-13)11-9-15-16(10-11)7-8-17-5/h9-10H,6-8H2,1-5H3. The molecule has 6 heteroatoms. The van der Waals surface area contributed by atoms with Crippen molar-refractivity contribution in [2.75, 3.05) is 13.7 Å². The van der Waals surface area contributed by atoms with Gasteiger partial charge in [-0.1, -0.05) is 6.92 Å². The minimum Gasteiger partial charge on any atom is -0.399 e. The van der Waals surface area contributed by atoms with E-state index in [4.69, 9.17) is 14.0 Å². The van der Waals surface area contributed by atoms with Crippen LogP contribution in [-0.4, -0.2) is 41.8 Å². The number of ether oxygens (including phenoxy) is 1. The number of nitrogens with zero attached hydrogens (tertiary/aromatic N) is 2. The highest BCUT2D eigenvalue weighted by atomic mass is 16.7. The van der Waals surface area contributed by atoms with Crippen molar-refractivity contribution in [1.29, 1.82) is 0 Å². The average Bonchev–Trinajstić information content (AvgIpc) is 2.91. The van der Waals surface area contributed by atoms with Gasteiger partial charge in [-0.25, -0.2) is 0 Å². The van der Waals surface area contributed by atoms with E-state index in [1.807, 2.05) is 10.9 Å². The first kappa shape index (κ1) is 14.6. The van der Waals surface area contributed by atoms with Crippen molar-refractivity contribution in [1.82, 2.24) is 9.78 Å². The van der Waals surface area contributed by atoms with Crippen molar-refractivity contribution in [3.63, 3.8) is 0 Å². The average molecular weight is 266 g/mol. The van der Waals surface area contributed by atoms with Crippen LogP contribution in [0.1, 0.15) is 34.1 Å². The molecule has 5 nitrogen and oxygen atoms in total. The Hall–Kier alpha value is -0.845. The molecule has 0 saturated carbocycles. The Morgan fingerprint density at radius 2 is 2.11 bits per heavy atom. The van der Waals surface area contributed by atoms with Crippen molar-refractivity contribution in [3.8, 4) is 0 Å². The lowest BCUT2D eigenvalue weighted by atomic mass is 9.82. The lowest BCUT2D eigenvalue weighted by Crippen LogP contribution is -2.44. The largest absolute Gasteiger partial charge is 0.498 e. The molecule has 1 unspecified atom stereocenters. The van der Waals surface area contributed by atoms with Crippen LogP contribution >= 0.6 is 0 Å². The molecule has 2 rings (SSSR count). The van der Waals surface area contributed by atoms with Crippen LogP contribution in [0.15, 0.2) is 12.4 Å². The fourth-order valence-corrected chi connectivity index (χ4v) is 2.25. The SMILES string of the molecule is CCC1(C)OB(c2cnn(CCOC)c2)OC1(C)C. The van der Waals surface area contributed by atoms with E-state index in [-0.39, 0.29) is 18.3 Å². The first-order valence-corrected chi connectivity index (χ1v) is 6.79. The Labute approximate surface area is 115 Å². The highest BCUT2D eigenvalue weighted by Gasteiger charge is 2.53. The van der Waals surface area contributed by atoms with Crippen LogP contribution in [-0.2, 0) is 20.6 Å². The Morgan fingerprint density at radius 1 is 1.37 bits per heavy atom. The summed E-state index contributed by atoms with van der Waals surface area (Å²) in [6.07, 6.45) is 4.67. The minimum absolute atomic E-state index is 0.272. The lowest BCUT2D eigenvalue weighted by molar-refractivity contribution is -0.0118. The summed E-state index contributed by atoms with van der Waals surface area (Å²) in [4.78, 5) is 0. The van der Waals surface area contributed by atoms with Gasteiger partial charge in [-0.2, -0.15) is 5.10 Å². The molecule has 0 aromatic carbocycles.